The van der Waals surface area contributed by atoms with Gasteiger partial charge in [0.15, 0.2) is 0 Å². The third-order valence-electron chi connectivity index (χ3n) is 5.16. The molecule has 1 aliphatic carbocycles. The predicted octanol–water partition coefficient (Wildman–Crippen LogP) is 3.69. The zero-order valence-electron chi connectivity index (χ0n) is 16.2. The first kappa shape index (κ1) is 19.9. The Hall–Kier alpha value is -3.39. The van der Waals surface area contributed by atoms with Crippen molar-refractivity contribution in [3.63, 3.8) is 0 Å². The number of carboxylic acids is 1. The molecule has 1 heterocycles. The number of nitrogens with one attached hydrogen (secondary N) is 1. The van der Waals surface area contributed by atoms with Crippen molar-refractivity contribution >= 4 is 23.6 Å². The Morgan fingerprint density at radius 2 is 1.77 bits per heavy atom. The van der Waals surface area contributed by atoms with Crippen molar-refractivity contribution in [2.75, 3.05) is 13.7 Å². The highest BCUT2D eigenvalue weighted by Crippen LogP contribution is 2.44. The van der Waals surface area contributed by atoms with Crippen molar-refractivity contribution in [1.82, 2.24) is 9.69 Å². The van der Waals surface area contributed by atoms with E-state index in [1.807, 2.05) is 36.4 Å². The number of nitrogens with zero attached hydrogens (tertiary/aromatic N) is 1. The van der Waals surface area contributed by atoms with Gasteiger partial charge in [0.05, 0.1) is 7.11 Å². The summed E-state index contributed by atoms with van der Waals surface area (Å²) in [5.41, 5.74) is 5.06. The summed E-state index contributed by atoms with van der Waals surface area (Å²) in [5, 5.41) is 13.6. The average molecular weight is 424 g/mol. The smallest absolute Gasteiger partial charge is 0.407 e. The summed E-state index contributed by atoms with van der Waals surface area (Å²) in [6.45, 7) is 0.121. The van der Waals surface area contributed by atoms with Gasteiger partial charge in [-0.1, -0.05) is 48.5 Å². The van der Waals surface area contributed by atoms with E-state index in [4.69, 9.17) is 9.47 Å². The Bertz CT molecular complexity index is 1040. The molecular formula is C22H20N2O5S. The Morgan fingerprint density at radius 3 is 2.37 bits per heavy atom. The molecule has 0 aliphatic heterocycles. The molecule has 1 amide bonds. The maximum atomic E-state index is 12.4. The second-order valence-corrected chi connectivity index (χ2v) is 7.54. The van der Waals surface area contributed by atoms with Crippen LogP contribution in [0.5, 0.6) is 5.88 Å². The number of alkyl carbamates (subject to hydrolysis) is 1. The van der Waals surface area contributed by atoms with Gasteiger partial charge in [0, 0.05) is 23.3 Å². The third-order valence-corrected chi connectivity index (χ3v) is 5.82. The highest BCUT2D eigenvalue weighted by molar-refractivity contribution is 7.03. The maximum absolute atomic E-state index is 12.4. The van der Waals surface area contributed by atoms with Crippen LogP contribution in [0, 0.1) is 0 Å². The van der Waals surface area contributed by atoms with Crippen molar-refractivity contribution < 1.29 is 24.2 Å². The van der Waals surface area contributed by atoms with E-state index >= 15 is 0 Å². The lowest BCUT2D eigenvalue weighted by Crippen LogP contribution is -2.42. The molecule has 1 aromatic heterocycles. The molecule has 0 radical (unpaired) electrons. The first-order valence-electron chi connectivity index (χ1n) is 9.40. The van der Waals surface area contributed by atoms with E-state index in [0.717, 1.165) is 22.3 Å². The lowest BCUT2D eigenvalue weighted by molar-refractivity contribution is -0.139. The van der Waals surface area contributed by atoms with Crippen LogP contribution in [0.15, 0.2) is 53.9 Å². The third kappa shape index (κ3) is 3.86. The Morgan fingerprint density at radius 1 is 1.13 bits per heavy atom. The Labute approximate surface area is 177 Å². The van der Waals surface area contributed by atoms with E-state index in [1.54, 1.807) is 5.38 Å². The molecule has 2 aromatic carbocycles. The number of carbonyl (C=O) groups is 2. The summed E-state index contributed by atoms with van der Waals surface area (Å²) in [5.74, 6) is -0.884. The molecule has 3 aromatic rings. The quantitative estimate of drug-likeness (QED) is 0.600. The maximum Gasteiger partial charge on any atom is 0.407 e. The molecule has 8 heteroatoms. The average Bonchev–Trinajstić information content (AvgIpc) is 3.33. The number of hydrogen-bond donors (Lipinski definition) is 2. The predicted molar refractivity (Wildman–Crippen MR) is 112 cm³/mol. The lowest BCUT2D eigenvalue weighted by Gasteiger charge is -2.17. The molecule has 7 nitrogen and oxygen atoms in total. The summed E-state index contributed by atoms with van der Waals surface area (Å²) < 4.78 is 14.6. The van der Waals surface area contributed by atoms with Gasteiger partial charge in [0.2, 0.25) is 5.88 Å². The highest BCUT2D eigenvalue weighted by Gasteiger charge is 2.30. The first-order chi connectivity index (χ1) is 14.6. The van der Waals surface area contributed by atoms with E-state index in [0.29, 0.717) is 11.4 Å². The number of methoxy groups -OCH3 is 1. The van der Waals surface area contributed by atoms with Crippen molar-refractivity contribution in [3.05, 3.63) is 70.6 Å². The fraction of sp³-hybridized carbons (Fsp3) is 0.227. The number of fused-ring (bicyclic) bond motifs is 3. The van der Waals surface area contributed by atoms with E-state index in [-0.39, 0.29) is 18.9 Å². The summed E-state index contributed by atoms with van der Waals surface area (Å²) >= 11 is 1.17. The summed E-state index contributed by atoms with van der Waals surface area (Å²) in [6, 6.07) is 14.9. The molecule has 1 atom stereocenters. The SMILES string of the molecule is COc1nscc1CC(NC(=O)OCC1c2ccccc2-c2ccccc21)C(=O)O. The molecule has 0 spiro atoms. The van der Waals surface area contributed by atoms with Crippen LogP contribution in [0.25, 0.3) is 11.1 Å². The molecule has 4 rings (SSSR count). The minimum absolute atomic E-state index is 0.0548. The van der Waals surface area contributed by atoms with E-state index < -0.39 is 18.1 Å². The van der Waals surface area contributed by atoms with Crippen LogP contribution >= 0.6 is 11.5 Å². The van der Waals surface area contributed by atoms with Crippen LogP contribution in [0.3, 0.4) is 0 Å². The number of aromatic nitrogens is 1. The number of rotatable bonds is 7. The standard InChI is InChI=1S/C22H20N2O5S/c1-28-20-13(12-30-24-20)10-19(21(25)26)23-22(27)29-11-18-16-8-4-2-6-14(16)15-7-3-5-9-17(15)18/h2-9,12,18-19H,10-11H2,1H3,(H,23,27)(H,25,26). The van der Waals surface area contributed by atoms with Gasteiger partial charge >= 0.3 is 12.1 Å². The van der Waals surface area contributed by atoms with Crippen LogP contribution in [0.4, 0.5) is 4.79 Å². The number of amides is 1. The molecule has 154 valence electrons. The number of benzene rings is 2. The van der Waals surface area contributed by atoms with Crippen molar-refractivity contribution in [1.29, 1.82) is 0 Å². The van der Waals surface area contributed by atoms with Gasteiger partial charge in [-0.15, -0.1) is 0 Å². The molecule has 1 unspecified atom stereocenters. The summed E-state index contributed by atoms with van der Waals surface area (Å²) in [6.07, 6.45) is -0.717. The number of aliphatic carboxylic acids is 1. The zero-order valence-corrected chi connectivity index (χ0v) is 17.0. The van der Waals surface area contributed by atoms with Crippen molar-refractivity contribution in [2.24, 2.45) is 0 Å². The normalized spacial score (nSPS) is 13.2. The van der Waals surface area contributed by atoms with E-state index in [9.17, 15) is 14.7 Å². The summed E-state index contributed by atoms with van der Waals surface area (Å²) in [7, 11) is 1.47. The number of carboxylic acid groups (broad SMARTS) is 1. The Balaban J connectivity index is 1.43. The van der Waals surface area contributed by atoms with Gasteiger partial charge < -0.3 is 19.9 Å². The molecule has 0 bridgehead atoms. The minimum atomic E-state index is -1.16. The van der Waals surface area contributed by atoms with Gasteiger partial charge in [-0.05, 0) is 33.8 Å². The zero-order chi connectivity index (χ0) is 21.1. The number of carbonyl (C=O) groups excluding carboxylic acids is 1. The van der Waals surface area contributed by atoms with Gasteiger partial charge in [-0.3, -0.25) is 0 Å². The first-order valence-corrected chi connectivity index (χ1v) is 10.2. The fourth-order valence-electron chi connectivity index (χ4n) is 3.75. The second kappa shape index (κ2) is 8.54. The van der Waals surface area contributed by atoms with Crippen LogP contribution < -0.4 is 10.1 Å². The minimum Gasteiger partial charge on any atom is -0.480 e. The van der Waals surface area contributed by atoms with Crippen LogP contribution in [0.2, 0.25) is 0 Å². The molecule has 2 N–H and O–H groups in total. The van der Waals surface area contributed by atoms with Crippen molar-refractivity contribution in [3.8, 4) is 17.0 Å². The number of hydrogen-bond acceptors (Lipinski definition) is 6. The topological polar surface area (TPSA) is 97.8 Å². The van der Waals surface area contributed by atoms with Crippen molar-refractivity contribution in [2.45, 2.75) is 18.4 Å². The molecule has 0 fully saturated rings. The number of ether oxygens (including phenoxy) is 2. The van der Waals surface area contributed by atoms with E-state index in [1.165, 1.54) is 18.6 Å². The summed E-state index contributed by atoms with van der Waals surface area (Å²) in [4.78, 5) is 24.0. The van der Waals surface area contributed by atoms with Crippen LogP contribution in [-0.4, -0.2) is 41.3 Å². The van der Waals surface area contributed by atoms with Gasteiger partial charge in [0.25, 0.3) is 0 Å². The highest BCUT2D eigenvalue weighted by atomic mass is 32.1. The van der Waals surface area contributed by atoms with Crippen LogP contribution in [-0.2, 0) is 16.0 Å². The van der Waals surface area contributed by atoms with Gasteiger partial charge in [0.1, 0.15) is 12.6 Å². The monoisotopic (exact) mass is 424 g/mol. The Kier molecular flexibility index (Phi) is 5.67. The fourth-order valence-corrected chi connectivity index (χ4v) is 4.42. The largest absolute Gasteiger partial charge is 0.480 e. The molecule has 1 aliphatic rings. The van der Waals surface area contributed by atoms with Gasteiger partial charge in [-0.2, -0.15) is 4.37 Å². The molecule has 0 saturated carbocycles. The van der Waals surface area contributed by atoms with Crippen LogP contribution in [0.1, 0.15) is 22.6 Å². The lowest BCUT2D eigenvalue weighted by atomic mass is 9.98. The van der Waals surface area contributed by atoms with E-state index in [2.05, 4.69) is 21.8 Å². The van der Waals surface area contributed by atoms with Gasteiger partial charge in [-0.25, -0.2) is 9.59 Å². The molecule has 30 heavy (non-hydrogen) atoms. The molecular weight excluding hydrogens is 404 g/mol. The molecule has 0 saturated heterocycles. The second-order valence-electron chi connectivity index (χ2n) is 6.91.